The van der Waals surface area contributed by atoms with Crippen LogP contribution in [0.5, 0.6) is 0 Å². The Hall–Kier alpha value is -4.04. The van der Waals surface area contributed by atoms with Crippen LogP contribution in [0.2, 0.25) is 0 Å². The third-order valence-electron chi connectivity index (χ3n) is 5.36. The third-order valence-corrected chi connectivity index (χ3v) is 5.36. The number of nitrogens with two attached hydrogens (primary N) is 2. The van der Waals surface area contributed by atoms with Crippen molar-refractivity contribution in [1.29, 1.82) is 0 Å². The van der Waals surface area contributed by atoms with E-state index >= 15 is 0 Å². The van der Waals surface area contributed by atoms with Gasteiger partial charge in [-0.2, -0.15) is 0 Å². The van der Waals surface area contributed by atoms with E-state index in [4.69, 9.17) is 10.7 Å². The Labute approximate surface area is 191 Å². The van der Waals surface area contributed by atoms with Crippen LogP contribution in [0.15, 0.2) is 66.9 Å². The molecule has 8 heteroatoms. The van der Waals surface area contributed by atoms with Gasteiger partial charge in [-0.1, -0.05) is 18.2 Å². The zero-order chi connectivity index (χ0) is 23.4. The number of benzene rings is 2. The molecule has 0 saturated heterocycles. The quantitative estimate of drug-likeness (QED) is 0.300. The fraction of sp³-hybridized carbons (Fsp3) is 0.160. The Bertz CT molecular complexity index is 1310. The Morgan fingerprint density at radius 1 is 1.15 bits per heavy atom. The molecule has 2 heterocycles. The molecule has 2 aromatic heterocycles. The highest BCUT2D eigenvalue weighted by Gasteiger charge is 2.17. The normalized spacial score (nSPS) is 10.9. The summed E-state index contributed by atoms with van der Waals surface area (Å²) in [6.07, 6.45) is 1.77. The van der Waals surface area contributed by atoms with E-state index in [9.17, 15) is 9.18 Å². The van der Waals surface area contributed by atoms with Crippen molar-refractivity contribution in [3.8, 4) is 11.3 Å². The number of carbonyl (C=O) groups excluding carboxylic acids is 1. The molecule has 0 radical (unpaired) electrons. The standard InChI is InChI=1S/C25H25FN6O/c1-3-29-25(33)19-8-7-18(14-20(19)26)23-11-9-21(27)24(31-23)32(28-2)15-16-6-10-22-17(13-16)5-4-12-30-22/h4-14,28H,3,15,27H2,1-2H3,(H,29,33)/p+1. The van der Waals surface area contributed by atoms with E-state index in [-0.39, 0.29) is 5.56 Å². The van der Waals surface area contributed by atoms with Crippen LogP contribution in [-0.2, 0) is 6.54 Å². The van der Waals surface area contributed by atoms with Gasteiger partial charge in [0.05, 0.1) is 36.1 Å². The zero-order valence-electron chi connectivity index (χ0n) is 18.5. The highest BCUT2D eigenvalue weighted by Crippen LogP contribution is 2.27. The number of halogens is 1. The maximum atomic E-state index is 14.6. The van der Waals surface area contributed by atoms with E-state index in [0.29, 0.717) is 35.9 Å². The number of amides is 1. The largest absolute Gasteiger partial charge is 0.396 e. The number of nitrogen functional groups attached to an aromatic ring is 1. The SMILES string of the molecule is CCNC(=O)c1ccc(-c2ccc(N)c(N(Cc3ccc4ncccc4c3)[NH2+]C)n2)cc1F. The molecule has 7 nitrogen and oxygen atoms in total. The molecule has 0 spiro atoms. The number of nitrogens with one attached hydrogen (secondary N) is 1. The minimum Gasteiger partial charge on any atom is -0.396 e. The van der Waals surface area contributed by atoms with Crippen molar-refractivity contribution in [1.82, 2.24) is 15.3 Å². The maximum absolute atomic E-state index is 14.6. The van der Waals surface area contributed by atoms with Crippen LogP contribution in [-0.4, -0.2) is 29.5 Å². The van der Waals surface area contributed by atoms with Crippen molar-refractivity contribution < 1.29 is 14.6 Å². The van der Waals surface area contributed by atoms with Crippen molar-refractivity contribution in [3.05, 3.63) is 83.8 Å². The summed E-state index contributed by atoms with van der Waals surface area (Å²) in [5.74, 6) is -0.457. The van der Waals surface area contributed by atoms with E-state index in [2.05, 4.69) is 16.4 Å². The number of rotatable bonds is 7. The highest BCUT2D eigenvalue weighted by atomic mass is 19.1. The average molecular weight is 446 g/mol. The molecule has 1 amide bonds. The molecular formula is C25H26FN6O+. The fourth-order valence-electron chi connectivity index (χ4n) is 3.67. The van der Waals surface area contributed by atoms with Gasteiger partial charge >= 0.3 is 0 Å². The second kappa shape index (κ2) is 9.62. The lowest BCUT2D eigenvalue weighted by Gasteiger charge is -2.21. The summed E-state index contributed by atoms with van der Waals surface area (Å²) < 4.78 is 14.6. The first-order chi connectivity index (χ1) is 16.0. The molecule has 4 aromatic rings. The second-order valence-corrected chi connectivity index (χ2v) is 7.58. The summed E-state index contributed by atoms with van der Waals surface area (Å²) in [6.45, 7) is 2.78. The van der Waals surface area contributed by atoms with E-state index in [1.165, 1.54) is 12.1 Å². The highest BCUT2D eigenvalue weighted by molar-refractivity contribution is 5.95. The molecule has 2 aromatic carbocycles. The summed E-state index contributed by atoms with van der Waals surface area (Å²) in [5.41, 5.74) is 11.8. The van der Waals surface area contributed by atoms with Crippen molar-refractivity contribution >= 4 is 28.3 Å². The van der Waals surface area contributed by atoms with Crippen LogP contribution in [0, 0.1) is 5.82 Å². The lowest BCUT2D eigenvalue weighted by atomic mass is 10.1. The number of hydrogen-bond acceptors (Lipinski definition) is 5. The first-order valence-electron chi connectivity index (χ1n) is 10.7. The molecule has 0 aliphatic heterocycles. The molecule has 0 bridgehead atoms. The van der Waals surface area contributed by atoms with Gasteiger partial charge in [0.15, 0.2) is 0 Å². The van der Waals surface area contributed by atoms with E-state index in [1.807, 2.05) is 41.7 Å². The molecule has 0 aliphatic carbocycles. The van der Waals surface area contributed by atoms with Crippen LogP contribution in [0.25, 0.3) is 22.2 Å². The number of aromatic nitrogens is 2. The van der Waals surface area contributed by atoms with E-state index < -0.39 is 11.7 Å². The molecule has 4 rings (SSSR count). The minimum atomic E-state index is -0.595. The smallest absolute Gasteiger partial charge is 0.254 e. The molecule has 0 unspecified atom stereocenters. The van der Waals surface area contributed by atoms with Gasteiger partial charge in [-0.15, -0.1) is 0 Å². The first-order valence-corrected chi connectivity index (χ1v) is 10.7. The van der Waals surface area contributed by atoms with Crippen LogP contribution in [0.1, 0.15) is 22.8 Å². The number of nitrogens with zero attached hydrogens (tertiary/aromatic N) is 3. The first kappa shape index (κ1) is 22.2. The van der Waals surface area contributed by atoms with Crippen molar-refractivity contribution in [2.24, 2.45) is 0 Å². The van der Waals surface area contributed by atoms with Crippen molar-refractivity contribution in [2.45, 2.75) is 13.5 Å². The predicted octanol–water partition coefficient (Wildman–Crippen LogP) is 2.88. The molecular weight excluding hydrogens is 419 g/mol. The van der Waals surface area contributed by atoms with Gasteiger partial charge in [-0.25, -0.2) is 19.8 Å². The lowest BCUT2D eigenvalue weighted by Crippen LogP contribution is -2.91. The second-order valence-electron chi connectivity index (χ2n) is 7.58. The molecule has 0 saturated carbocycles. The van der Waals surface area contributed by atoms with E-state index in [1.54, 1.807) is 31.3 Å². The third kappa shape index (κ3) is 4.75. The number of pyridine rings is 2. The molecule has 0 atom stereocenters. The van der Waals surface area contributed by atoms with Gasteiger partial charge in [0.25, 0.3) is 5.91 Å². The van der Waals surface area contributed by atoms with Crippen LogP contribution < -0.4 is 21.5 Å². The van der Waals surface area contributed by atoms with Gasteiger partial charge in [0.1, 0.15) is 5.82 Å². The van der Waals surface area contributed by atoms with Gasteiger partial charge in [-0.3, -0.25) is 9.78 Å². The summed E-state index contributed by atoms with van der Waals surface area (Å²) in [5, 5.41) is 5.62. The van der Waals surface area contributed by atoms with E-state index in [0.717, 1.165) is 16.5 Å². The van der Waals surface area contributed by atoms with Crippen LogP contribution >= 0.6 is 0 Å². The predicted molar refractivity (Wildman–Crippen MR) is 128 cm³/mol. The minimum absolute atomic E-state index is 0.00517. The fourth-order valence-corrected chi connectivity index (χ4v) is 3.67. The number of fused-ring (bicyclic) bond motifs is 1. The molecule has 168 valence electrons. The number of carbonyl (C=O) groups is 1. The lowest BCUT2D eigenvalue weighted by molar-refractivity contribution is -0.641. The Morgan fingerprint density at radius 3 is 2.76 bits per heavy atom. The van der Waals surface area contributed by atoms with Gasteiger partial charge in [-0.05, 0) is 55.0 Å². The molecule has 33 heavy (non-hydrogen) atoms. The number of hydrogen-bond donors (Lipinski definition) is 3. The molecule has 5 N–H and O–H groups in total. The Morgan fingerprint density at radius 2 is 2.00 bits per heavy atom. The number of quaternary nitrogens is 1. The zero-order valence-corrected chi connectivity index (χ0v) is 18.5. The number of anilines is 2. The van der Waals surface area contributed by atoms with Gasteiger partial charge in [0, 0.05) is 23.7 Å². The Balaban J connectivity index is 1.64. The van der Waals surface area contributed by atoms with Crippen LogP contribution in [0.4, 0.5) is 15.9 Å². The van der Waals surface area contributed by atoms with Gasteiger partial charge < -0.3 is 11.1 Å². The topological polar surface area (TPSA) is 101 Å². The summed E-state index contributed by atoms with van der Waals surface area (Å²) in [6, 6.07) is 18.0. The maximum Gasteiger partial charge on any atom is 0.254 e. The summed E-state index contributed by atoms with van der Waals surface area (Å²) in [7, 11) is 1.91. The molecule has 0 aliphatic rings. The summed E-state index contributed by atoms with van der Waals surface area (Å²) in [4.78, 5) is 21.1. The van der Waals surface area contributed by atoms with Crippen molar-refractivity contribution in [3.63, 3.8) is 0 Å². The van der Waals surface area contributed by atoms with Crippen LogP contribution in [0.3, 0.4) is 0 Å². The summed E-state index contributed by atoms with van der Waals surface area (Å²) >= 11 is 0. The monoisotopic (exact) mass is 445 g/mol. The average Bonchev–Trinajstić information content (AvgIpc) is 2.83. The van der Waals surface area contributed by atoms with Gasteiger partial charge in [0.2, 0.25) is 5.82 Å². The van der Waals surface area contributed by atoms with Crippen molar-refractivity contribution in [2.75, 3.05) is 24.3 Å². The molecule has 0 fully saturated rings. The Kier molecular flexibility index (Phi) is 6.46.